The molecule has 0 aliphatic rings. The van der Waals surface area contributed by atoms with Crippen molar-refractivity contribution in [3.63, 3.8) is 0 Å². The number of aliphatic hydroxyl groups is 1. The number of aliphatic hydroxyl groups excluding tert-OH is 1. The highest BCUT2D eigenvalue weighted by Crippen LogP contribution is 2.12. The van der Waals surface area contributed by atoms with Gasteiger partial charge in [0.1, 0.15) is 17.5 Å². The summed E-state index contributed by atoms with van der Waals surface area (Å²) < 4.78 is 0. The van der Waals surface area contributed by atoms with Crippen LogP contribution in [-0.2, 0) is 0 Å². The Bertz CT molecular complexity index is 341. The van der Waals surface area contributed by atoms with E-state index in [1.165, 1.54) is 0 Å². The molecule has 1 aromatic heterocycles. The van der Waals surface area contributed by atoms with E-state index in [1.807, 2.05) is 27.0 Å². The fourth-order valence-electron chi connectivity index (χ4n) is 1.59. The standard InChI is InChI=1S/C11H20N4O/c1-7(5-8(2)16)13-11-6-10(12-4)14-9(3)15-11/h6-8,16H,5H2,1-4H3,(H2,12,13,14,15). The third-order valence-corrected chi connectivity index (χ3v) is 2.18. The average molecular weight is 224 g/mol. The van der Waals surface area contributed by atoms with E-state index < -0.39 is 0 Å². The molecule has 0 radical (unpaired) electrons. The van der Waals surface area contributed by atoms with Crippen molar-refractivity contribution in [2.24, 2.45) is 0 Å². The van der Waals surface area contributed by atoms with Crippen LogP contribution in [0.5, 0.6) is 0 Å². The van der Waals surface area contributed by atoms with Crippen molar-refractivity contribution >= 4 is 11.6 Å². The Hall–Kier alpha value is -1.36. The Morgan fingerprint density at radius 2 is 1.94 bits per heavy atom. The molecule has 2 atom stereocenters. The number of nitrogens with zero attached hydrogens (tertiary/aromatic N) is 2. The lowest BCUT2D eigenvalue weighted by molar-refractivity contribution is 0.179. The van der Waals surface area contributed by atoms with Crippen LogP contribution >= 0.6 is 0 Å². The van der Waals surface area contributed by atoms with Gasteiger partial charge in [-0.15, -0.1) is 0 Å². The Morgan fingerprint density at radius 3 is 2.50 bits per heavy atom. The molecule has 16 heavy (non-hydrogen) atoms. The monoisotopic (exact) mass is 224 g/mol. The molecule has 1 heterocycles. The highest BCUT2D eigenvalue weighted by Gasteiger charge is 2.07. The fraction of sp³-hybridized carbons (Fsp3) is 0.636. The van der Waals surface area contributed by atoms with Crippen molar-refractivity contribution in [3.05, 3.63) is 11.9 Å². The predicted molar refractivity (Wildman–Crippen MR) is 65.7 cm³/mol. The van der Waals surface area contributed by atoms with Gasteiger partial charge in [-0.2, -0.15) is 0 Å². The van der Waals surface area contributed by atoms with Crippen LogP contribution < -0.4 is 10.6 Å². The van der Waals surface area contributed by atoms with Gasteiger partial charge >= 0.3 is 0 Å². The summed E-state index contributed by atoms with van der Waals surface area (Å²) in [4.78, 5) is 8.49. The minimum absolute atomic E-state index is 0.180. The first-order chi connectivity index (χ1) is 7.51. The molecule has 0 bridgehead atoms. The molecule has 0 saturated heterocycles. The molecule has 2 unspecified atom stereocenters. The van der Waals surface area contributed by atoms with E-state index in [2.05, 4.69) is 20.6 Å². The Kier molecular flexibility index (Phi) is 4.49. The topological polar surface area (TPSA) is 70.1 Å². The van der Waals surface area contributed by atoms with E-state index in [1.54, 1.807) is 6.92 Å². The Morgan fingerprint density at radius 1 is 1.31 bits per heavy atom. The molecule has 0 saturated carbocycles. The third kappa shape index (κ3) is 4.02. The van der Waals surface area contributed by atoms with Gasteiger partial charge < -0.3 is 15.7 Å². The Balaban J connectivity index is 2.69. The summed E-state index contributed by atoms with van der Waals surface area (Å²) in [6.45, 7) is 5.65. The molecule has 0 amide bonds. The highest BCUT2D eigenvalue weighted by molar-refractivity contribution is 5.47. The number of hydrogen-bond donors (Lipinski definition) is 3. The zero-order valence-electron chi connectivity index (χ0n) is 10.3. The lowest BCUT2D eigenvalue weighted by Crippen LogP contribution is -2.21. The van der Waals surface area contributed by atoms with Gasteiger partial charge in [0.25, 0.3) is 0 Å². The van der Waals surface area contributed by atoms with Gasteiger partial charge in [-0.1, -0.05) is 0 Å². The van der Waals surface area contributed by atoms with E-state index in [0.29, 0.717) is 6.42 Å². The number of anilines is 2. The van der Waals surface area contributed by atoms with E-state index >= 15 is 0 Å². The van der Waals surface area contributed by atoms with Crippen molar-refractivity contribution in [3.8, 4) is 0 Å². The molecule has 90 valence electrons. The predicted octanol–water partition coefficient (Wildman–Crippen LogP) is 1.40. The summed E-state index contributed by atoms with van der Waals surface area (Å²) in [7, 11) is 1.82. The third-order valence-electron chi connectivity index (χ3n) is 2.18. The number of aryl methyl sites for hydroxylation is 1. The second kappa shape index (κ2) is 5.65. The fourth-order valence-corrected chi connectivity index (χ4v) is 1.59. The molecular formula is C11H20N4O. The summed E-state index contributed by atoms with van der Waals surface area (Å²) in [5.74, 6) is 2.29. The average Bonchev–Trinajstić information content (AvgIpc) is 2.14. The van der Waals surface area contributed by atoms with Gasteiger partial charge in [0.05, 0.1) is 6.10 Å². The molecule has 5 heteroatoms. The molecule has 3 N–H and O–H groups in total. The van der Waals surface area contributed by atoms with E-state index in [0.717, 1.165) is 17.5 Å². The minimum atomic E-state index is -0.311. The van der Waals surface area contributed by atoms with E-state index in [4.69, 9.17) is 0 Å². The van der Waals surface area contributed by atoms with Gasteiger partial charge in [-0.05, 0) is 27.2 Å². The SMILES string of the molecule is CNc1cc(NC(C)CC(C)O)nc(C)n1. The van der Waals surface area contributed by atoms with Crippen molar-refractivity contribution in [2.75, 3.05) is 17.7 Å². The van der Waals surface area contributed by atoms with Crippen molar-refractivity contribution in [1.29, 1.82) is 0 Å². The maximum absolute atomic E-state index is 9.27. The van der Waals surface area contributed by atoms with Crippen LogP contribution in [0, 0.1) is 6.92 Å². The van der Waals surface area contributed by atoms with Crippen LogP contribution in [-0.4, -0.2) is 34.3 Å². The van der Waals surface area contributed by atoms with Crippen molar-refractivity contribution in [2.45, 2.75) is 39.3 Å². The quantitative estimate of drug-likeness (QED) is 0.705. The van der Waals surface area contributed by atoms with Gasteiger partial charge in [-0.3, -0.25) is 0 Å². The zero-order valence-corrected chi connectivity index (χ0v) is 10.3. The molecule has 0 aromatic carbocycles. The maximum atomic E-state index is 9.27. The molecule has 0 fully saturated rings. The highest BCUT2D eigenvalue weighted by atomic mass is 16.3. The summed E-state index contributed by atoms with van der Waals surface area (Å²) >= 11 is 0. The number of rotatable bonds is 5. The molecule has 5 nitrogen and oxygen atoms in total. The van der Waals surface area contributed by atoms with Crippen LogP contribution in [0.2, 0.25) is 0 Å². The van der Waals surface area contributed by atoms with E-state index in [9.17, 15) is 5.11 Å². The summed E-state index contributed by atoms with van der Waals surface area (Å²) in [6.07, 6.45) is 0.381. The number of nitrogens with one attached hydrogen (secondary N) is 2. The van der Waals surface area contributed by atoms with Crippen LogP contribution in [0.15, 0.2) is 6.07 Å². The first kappa shape index (κ1) is 12.7. The largest absolute Gasteiger partial charge is 0.393 e. The smallest absolute Gasteiger partial charge is 0.132 e. The molecule has 1 rings (SSSR count). The normalized spacial score (nSPS) is 14.3. The number of aromatic nitrogens is 2. The van der Waals surface area contributed by atoms with Gasteiger partial charge in [0, 0.05) is 19.2 Å². The maximum Gasteiger partial charge on any atom is 0.132 e. The zero-order chi connectivity index (χ0) is 12.1. The van der Waals surface area contributed by atoms with Crippen molar-refractivity contribution in [1.82, 2.24) is 9.97 Å². The van der Waals surface area contributed by atoms with Gasteiger partial charge in [0.15, 0.2) is 0 Å². The molecule has 0 spiro atoms. The van der Waals surface area contributed by atoms with Crippen molar-refractivity contribution < 1.29 is 5.11 Å². The molecule has 0 aliphatic heterocycles. The van der Waals surface area contributed by atoms with Crippen LogP contribution in [0.1, 0.15) is 26.1 Å². The van der Waals surface area contributed by atoms with E-state index in [-0.39, 0.29) is 12.1 Å². The first-order valence-electron chi connectivity index (χ1n) is 5.49. The Labute approximate surface area is 96.3 Å². The lowest BCUT2D eigenvalue weighted by atomic mass is 10.1. The summed E-state index contributed by atoms with van der Waals surface area (Å²) in [5, 5.41) is 15.5. The van der Waals surface area contributed by atoms with Gasteiger partial charge in [0.2, 0.25) is 0 Å². The van der Waals surface area contributed by atoms with Gasteiger partial charge in [-0.25, -0.2) is 9.97 Å². The first-order valence-corrected chi connectivity index (χ1v) is 5.49. The molecule has 1 aromatic rings. The second-order valence-electron chi connectivity index (χ2n) is 4.07. The number of hydrogen-bond acceptors (Lipinski definition) is 5. The molecule has 0 aliphatic carbocycles. The lowest BCUT2D eigenvalue weighted by Gasteiger charge is -2.16. The van der Waals surface area contributed by atoms with Crippen LogP contribution in [0.4, 0.5) is 11.6 Å². The second-order valence-corrected chi connectivity index (χ2v) is 4.07. The van der Waals surface area contributed by atoms with Crippen LogP contribution in [0.3, 0.4) is 0 Å². The summed E-state index contributed by atoms with van der Waals surface area (Å²) in [6, 6.07) is 2.03. The van der Waals surface area contributed by atoms with Crippen LogP contribution in [0.25, 0.3) is 0 Å². The minimum Gasteiger partial charge on any atom is -0.393 e. The summed E-state index contributed by atoms with van der Waals surface area (Å²) in [5.41, 5.74) is 0. The molecular weight excluding hydrogens is 204 g/mol.